The standard InChI is InChI=1S/C53H55N3S/c1-3-13-34(14-4-1)38-31-46(35-15-5-2-6-16-35)54-53(32-38)56-48-21-11-8-18-41(48)44-30-37(24-27-50(44)56)36-23-26-49-43(29-36)40-17-7-10-20-47(40)55(49)39-25-28-52-45(33-39)42-19-9-12-22-51(42)57-52/h1,3,5,7-8,11-13,15-18,21-27,29-30,32,38,40-43,45,47-49,51-52H,2,4,6,9-10,14,19-20,28,31,33H2. The number of aliphatic imine (C=N–C) groups is 1. The average Bonchev–Trinajstić information content (AvgIpc) is 3.94. The summed E-state index contributed by atoms with van der Waals surface area (Å²) in [4.78, 5) is 11.1. The molecular formula is C53H55N3S. The minimum absolute atomic E-state index is 0.227. The molecule has 11 atom stereocenters. The number of anilines is 1. The molecule has 1 aromatic carbocycles. The van der Waals surface area contributed by atoms with Crippen LogP contribution in [-0.4, -0.2) is 39.2 Å². The highest BCUT2D eigenvalue weighted by molar-refractivity contribution is 8.01. The van der Waals surface area contributed by atoms with E-state index in [0.29, 0.717) is 35.8 Å². The molecule has 0 radical (unpaired) electrons. The Balaban J connectivity index is 0.870. The Morgan fingerprint density at radius 3 is 2.60 bits per heavy atom. The van der Waals surface area contributed by atoms with Gasteiger partial charge >= 0.3 is 0 Å². The van der Waals surface area contributed by atoms with Gasteiger partial charge < -0.3 is 9.80 Å². The maximum atomic E-state index is 5.53. The van der Waals surface area contributed by atoms with Crippen molar-refractivity contribution in [2.24, 2.45) is 34.6 Å². The third-order valence-electron chi connectivity index (χ3n) is 15.4. The molecule has 4 heterocycles. The summed E-state index contributed by atoms with van der Waals surface area (Å²) in [6, 6.07) is 8.66. The van der Waals surface area contributed by atoms with Crippen LogP contribution in [0.5, 0.6) is 0 Å². The van der Waals surface area contributed by atoms with Gasteiger partial charge in [0.15, 0.2) is 0 Å². The van der Waals surface area contributed by atoms with Crippen LogP contribution in [0.2, 0.25) is 0 Å². The molecule has 3 nitrogen and oxygen atoms in total. The first-order chi connectivity index (χ1) is 28.2. The van der Waals surface area contributed by atoms with Gasteiger partial charge in [-0.05, 0) is 117 Å². The highest BCUT2D eigenvalue weighted by Crippen LogP contribution is 2.56. The van der Waals surface area contributed by atoms with E-state index in [2.05, 4.69) is 155 Å². The second-order valence-electron chi connectivity index (χ2n) is 18.4. The first-order valence-corrected chi connectivity index (χ1v) is 23.4. The monoisotopic (exact) mass is 765 g/mol. The molecule has 4 aliphatic heterocycles. The molecule has 11 unspecified atom stereocenters. The lowest BCUT2D eigenvalue weighted by molar-refractivity contribution is 0.210. The summed E-state index contributed by atoms with van der Waals surface area (Å²) in [6.45, 7) is 0. The zero-order valence-electron chi connectivity index (χ0n) is 33.1. The van der Waals surface area contributed by atoms with Crippen molar-refractivity contribution < 1.29 is 0 Å². The maximum Gasteiger partial charge on any atom is 0.130 e. The van der Waals surface area contributed by atoms with Crippen LogP contribution in [0.4, 0.5) is 5.69 Å². The van der Waals surface area contributed by atoms with Gasteiger partial charge in [-0.25, -0.2) is 4.99 Å². The molecule has 7 aliphatic carbocycles. The maximum absolute atomic E-state index is 5.53. The fourth-order valence-corrected chi connectivity index (χ4v) is 14.6. The van der Waals surface area contributed by atoms with Gasteiger partial charge in [-0.1, -0.05) is 121 Å². The number of rotatable bonds is 5. The molecule has 11 aliphatic rings. The van der Waals surface area contributed by atoms with Crippen molar-refractivity contribution in [2.45, 2.75) is 105 Å². The van der Waals surface area contributed by atoms with E-state index in [1.54, 1.807) is 11.3 Å². The summed E-state index contributed by atoms with van der Waals surface area (Å²) in [7, 11) is 0. The van der Waals surface area contributed by atoms with Gasteiger partial charge in [0.05, 0.1) is 17.8 Å². The topological polar surface area (TPSA) is 18.8 Å². The predicted octanol–water partition coefficient (Wildman–Crippen LogP) is 12.3. The van der Waals surface area contributed by atoms with Crippen molar-refractivity contribution in [1.29, 1.82) is 0 Å². The molecule has 288 valence electrons. The van der Waals surface area contributed by atoms with Gasteiger partial charge in [0, 0.05) is 58.0 Å². The minimum Gasteiger partial charge on any atom is -0.364 e. The molecule has 0 saturated carbocycles. The number of likely N-dealkylation sites (tertiary alicyclic amines) is 1. The molecule has 0 aromatic heterocycles. The summed E-state index contributed by atoms with van der Waals surface area (Å²) >= 11 is 2.29. The van der Waals surface area contributed by atoms with Crippen molar-refractivity contribution in [3.63, 3.8) is 0 Å². The second-order valence-corrected chi connectivity index (χ2v) is 19.8. The van der Waals surface area contributed by atoms with Crippen LogP contribution in [0.25, 0.3) is 5.57 Å². The first kappa shape index (κ1) is 34.7. The van der Waals surface area contributed by atoms with E-state index in [1.165, 1.54) is 72.2 Å². The van der Waals surface area contributed by atoms with Gasteiger partial charge in [-0.3, -0.25) is 0 Å². The Hall–Kier alpha value is -4.28. The summed E-state index contributed by atoms with van der Waals surface area (Å²) in [5.41, 5.74) is 11.3. The van der Waals surface area contributed by atoms with Crippen LogP contribution in [0, 0.1) is 29.6 Å². The van der Waals surface area contributed by atoms with Crippen molar-refractivity contribution in [1.82, 2.24) is 4.90 Å². The highest BCUT2D eigenvalue weighted by Gasteiger charge is 2.51. The number of nitrogens with zero attached hydrogens (tertiary/aromatic N) is 3. The Bertz CT molecular complexity index is 2260. The van der Waals surface area contributed by atoms with Crippen molar-refractivity contribution in [3.8, 4) is 0 Å². The number of thioether (sulfide) groups is 1. The molecule has 1 aromatic rings. The number of hydrogen-bond donors (Lipinski definition) is 0. The van der Waals surface area contributed by atoms with E-state index in [0.717, 1.165) is 60.3 Å². The van der Waals surface area contributed by atoms with Crippen molar-refractivity contribution >= 4 is 28.7 Å². The van der Waals surface area contributed by atoms with Crippen molar-refractivity contribution in [2.75, 3.05) is 4.90 Å². The number of benzene rings is 1. The Labute approximate surface area is 344 Å². The van der Waals surface area contributed by atoms with E-state index in [-0.39, 0.29) is 6.04 Å². The van der Waals surface area contributed by atoms with Crippen LogP contribution in [0.15, 0.2) is 161 Å². The predicted molar refractivity (Wildman–Crippen MR) is 240 cm³/mol. The molecule has 0 spiro atoms. The molecule has 0 bridgehead atoms. The molecule has 0 N–H and O–H groups in total. The fraction of sp³-hybridized carbons (Fsp3) is 0.415. The van der Waals surface area contributed by atoms with Gasteiger partial charge in [0.25, 0.3) is 0 Å². The lowest BCUT2D eigenvalue weighted by Crippen LogP contribution is -2.40. The Morgan fingerprint density at radius 2 is 1.67 bits per heavy atom. The quantitative estimate of drug-likeness (QED) is 0.278. The van der Waals surface area contributed by atoms with Crippen LogP contribution >= 0.6 is 11.8 Å². The molecule has 2 fully saturated rings. The van der Waals surface area contributed by atoms with E-state index >= 15 is 0 Å². The van der Waals surface area contributed by atoms with Crippen LogP contribution in [-0.2, 0) is 0 Å². The minimum atomic E-state index is 0.227. The fourth-order valence-electron chi connectivity index (χ4n) is 12.8. The summed E-state index contributed by atoms with van der Waals surface area (Å²) < 4.78 is 0. The van der Waals surface area contributed by atoms with Crippen LogP contribution < -0.4 is 4.90 Å². The normalized spacial score (nSPS) is 37.9. The first-order valence-electron chi connectivity index (χ1n) is 22.4. The number of hydrogen-bond acceptors (Lipinski definition) is 4. The summed E-state index contributed by atoms with van der Waals surface area (Å²) in [6.07, 6.45) is 59.6. The van der Waals surface area contributed by atoms with E-state index in [1.807, 2.05) is 0 Å². The zero-order chi connectivity index (χ0) is 37.5. The molecular weight excluding hydrogens is 711 g/mol. The lowest BCUT2D eigenvalue weighted by Gasteiger charge is -2.40. The number of fused-ring (bicyclic) bond motifs is 9. The van der Waals surface area contributed by atoms with E-state index in [9.17, 15) is 0 Å². The smallest absolute Gasteiger partial charge is 0.130 e. The third-order valence-corrected chi connectivity index (χ3v) is 17.1. The van der Waals surface area contributed by atoms with Crippen LogP contribution in [0.3, 0.4) is 0 Å². The summed E-state index contributed by atoms with van der Waals surface area (Å²) in [5, 5.41) is 1.57. The number of allylic oxidation sites excluding steroid dienone is 17. The summed E-state index contributed by atoms with van der Waals surface area (Å²) in [5.74, 6) is 4.59. The second kappa shape index (κ2) is 14.2. The van der Waals surface area contributed by atoms with Crippen molar-refractivity contribution in [3.05, 3.63) is 167 Å². The molecule has 0 amide bonds. The van der Waals surface area contributed by atoms with Gasteiger partial charge in [-0.15, -0.1) is 0 Å². The highest BCUT2D eigenvalue weighted by atomic mass is 32.2. The van der Waals surface area contributed by atoms with E-state index in [4.69, 9.17) is 4.99 Å². The SMILES string of the molecule is C1=CCCC(C2C=C(N3c4ccc(C5=CC6C7C=CCCC7N(C7=CCC8SC9C=CCCC9C8C7)C6C=C5)cc4C4C=CC=CC43)N=C(C3=CCCC=C3)C2)=C1. The largest absolute Gasteiger partial charge is 0.364 e. The molecule has 57 heavy (non-hydrogen) atoms. The molecule has 4 heteroatoms. The van der Waals surface area contributed by atoms with Gasteiger partial charge in [-0.2, -0.15) is 11.8 Å². The van der Waals surface area contributed by atoms with E-state index < -0.39 is 0 Å². The van der Waals surface area contributed by atoms with Gasteiger partial charge in [0.1, 0.15) is 5.82 Å². The Kier molecular flexibility index (Phi) is 8.67. The zero-order valence-corrected chi connectivity index (χ0v) is 33.9. The Morgan fingerprint density at radius 1 is 0.719 bits per heavy atom. The lowest BCUT2D eigenvalue weighted by atomic mass is 9.76. The molecule has 12 rings (SSSR count). The molecule has 2 saturated heterocycles. The van der Waals surface area contributed by atoms with Gasteiger partial charge in [0.2, 0.25) is 0 Å². The van der Waals surface area contributed by atoms with Crippen LogP contribution in [0.1, 0.15) is 87.7 Å². The average molecular weight is 766 g/mol. The third kappa shape index (κ3) is 5.86.